The van der Waals surface area contributed by atoms with Gasteiger partial charge in [0, 0.05) is 45.6 Å². The van der Waals surface area contributed by atoms with Crippen molar-refractivity contribution in [1.29, 1.82) is 0 Å². The minimum Gasteiger partial charge on any atom is -0.338 e. The van der Waals surface area contributed by atoms with Crippen LogP contribution in [0.2, 0.25) is 0 Å². The Kier molecular flexibility index (Phi) is 8.32. The second-order valence-electron chi connectivity index (χ2n) is 8.65. The Morgan fingerprint density at radius 2 is 1.84 bits per heavy atom. The van der Waals surface area contributed by atoms with Crippen molar-refractivity contribution in [3.8, 4) is 0 Å². The second-order valence-corrected chi connectivity index (χ2v) is 8.65. The van der Waals surface area contributed by atoms with E-state index < -0.39 is 0 Å². The zero-order valence-electron chi connectivity index (χ0n) is 19.4. The van der Waals surface area contributed by atoms with Crippen molar-refractivity contribution in [3.63, 3.8) is 0 Å². The molecule has 2 heterocycles. The number of piperidine rings is 1. The van der Waals surface area contributed by atoms with Gasteiger partial charge in [-0.05, 0) is 31.5 Å². The quantitative estimate of drug-likeness (QED) is 0.632. The molecule has 0 saturated carbocycles. The van der Waals surface area contributed by atoms with Crippen LogP contribution in [0.5, 0.6) is 0 Å². The third-order valence-electron chi connectivity index (χ3n) is 6.74. The third kappa shape index (κ3) is 5.57. The lowest BCUT2D eigenvalue weighted by Gasteiger charge is -2.45. The molecule has 1 aromatic rings. The third-order valence-corrected chi connectivity index (χ3v) is 6.74. The Morgan fingerprint density at radius 3 is 2.45 bits per heavy atom. The van der Waals surface area contributed by atoms with Gasteiger partial charge in [0.05, 0.1) is 11.7 Å². The first-order chi connectivity index (χ1) is 15.0. The van der Waals surface area contributed by atoms with E-state index in [2.05, 4.69) is 53.3 Å². The fraction of sp³-hybridized carbons (Fsp3) is 0.667. The van der Waals surface area contributed by atoms with Crippen molar-refractivity contribution in [1.82, 2.24) is 25.3 Å². The molecule has 2 saturated heterocycles. The molecule has 1 aromatic carbocycles. The molecule has 31 heavy (non-hydrogen) atoms. The number of urea groups is 1. The number of hydrogen-bond donors (Lipinski definition) is 2. The predicted octanol–water partition coefficient (Wildman–Crippen LogP) is 2.28. The van der Waals surface area contributed by atoms with E-state index in [1.165, 1.54) is 5.56 Å². The topological polar surface area (TPSA) is 67.9 Å². The van der Waals surface area contributed by atoms with Crippen molar-refractivity contribution in [2.75, 3.05) is 45.8 Å². The number of likely N-dealkylation sites (tertiary alicyclic amines) is 1. The summed E-state index contributed by atoms with van der Waals surface area (Å²) in [6.45, 7) is 12.0. The minimum absolute atomic E-state index is 0.0107. The summed E-state index contributed by atoms with van der Waals surface area (Å²) in [4.78, 5) is 32.2. The molecule has 3 amide bonds. The number of amides is 3. The fourth-order valence-corrected chi connectivity index (χ4v) is 4.79. The van der Waals surface area contributed by atoms with E-state index >= 15 is 0 Å². The Morgan fingerprint density at radius 1 is 1.16 bits per heavy atom. The van der Waals surface area contributed by atoms with Crippen LogP contribution in [0, 0.1) is 0 Å². The van der Waals surface area contributed by atoms with Crippen LogP contribution in [0.4, 0.5) is 4.79 Å². The number of nitrogens with one attached hydrogen (secondary N) is 2. The average molecular weight is 430 g/mol. The molecule has 3 rings (SSSR count). The molecule has 2 aliphatic rings. The molecule has 7 heteroatoms. The molecule has 0 aliphatic carbocycles. The molecule has 1 atom stereocenters. The average Bonchev–Trinajstić information content (AvgIpc) is 3.04. The van der Waals surface area contributed by atoms with Gasteiger partial charge in [-0.25, -0.2) is 4.79 Å². The summed E-state index contributed by atoms with van der Waals surface area (Å²) in [5.74, 6) is 0.194. The molecule has 1 unspecified atom stereocenters. The van der Waals surface area contributed by atoms with Gasteiger partial charge in [0.15, 0.2) is 0 Å². The van der Waals surface area contributed by atoms with Crippen molar-refractivity contribution in [3.05, 3.63) is 35.9 Å². The Bertz CT molecular complexity index is 714. The fourth-order valence-electron chi connectivity index (χ4n) is 4.79. The number of carbonyl (C=O) groups is 2. The van der Waals surface area contributed by atoms with Crippen LogP contribution in [-0.2, 0) is 11.2 Å². The monoisotopic (exact) mass is 429 g/mol. The summed E-state index contributed by atoms with van der Waals surface area (Å²) in [5.41, 5.74) is 0.816. The van der Waals surface area contributed by atoms with Gasteiger partial charge in [-0.2, -0.15) is 0 Å². The van der Waals surface area contributed by atoms with E-state index in [0.717, 1.165) is 45.4 Å². The van der Waals surface area contributed by atoms with Crippen LogP contribution in [0.3, 0.4) is 0 Å². The highest BCUT2D eigenvalue weighted by atomic mass is 16.2. The van der Waals surface area contributed by atoms with Gasteiger partial charge >= 0.3 is 6.03 Å². The summed E-state index contributed by atoms with van der Waals surface area (Å²) < 4.78 is 0. The zero-order valence-corrected chi connectivity index (χ0v) is 19.4. The summed E-state index contributed by atoms with van der Waals surface area (Å²) in [6, 6.07) is 10.0. The Balaban J connectivity index is 1.72. The first kappa shape index (κ1) is 23.5. The molecule has 0 radical (unpaired) electrons. The number of nitrogens with zero attached hydrogens (tertiary/aromatic N) is 3. The smallest absolute Gasteiger partial charge is 0.317 e. The second kappa shape index (κ2) is 11.0. The molecule has 0 bridgehead atoms. The van der Waals surface area contributed by atoms with Crippen molar-refractivity contribution < 1.29 is 9.59 Å². The first-order valence-corrected chi connectivity index (χ1v) is 11.9. The van der Waals surface area contributed by atoms with Gasteiger partial charge in [0.25, 0.3) is 0 Å². The SMILES string of the molecule is CCCNC(=O)N1CCC2(CC1)NC(Cc1ccccc1)C(=O)N2CCN(CC)CC. The lowest BCUT2D eigenvalue weighted by atomic mass is 9.96. The van der Waals surface area contributed by atoms with Crippen LogP contribution >= 0.6 is 0 Å². The van der Waals surface area contributed by atoms with Gasteiger partial charge in [-0.1, -0.05) is 51.1 Å². The van der Waals surface area contributed by atoms with Crippen molar-refractivity contribution in [2.45, 2.75) is 58.2 Å². The van der Waals surface area contributed by atoms with Crippen LogP contribution < -0.4 is 10.6 Å². The zero-order chi connectivity index (χ0) is 22.3. The molecule has 2 aliphatic heterocycles. The van der Waals surface area contributed by atoms with Crippen molar-refractivity contribution >= 4 is 11.9 Å². The molecule has 2 N–H and O–H groups in total. The molecule has 0 aromatic heterocycles. The van der Waals surface area contributed by atoms with Crippen LogP contribution in [-0.4, -0.2) is 84.2 Å². The van der Waals surface area contributed by atoms with E-state index in [1.807, 2.05) is 23.1 Å². The van der Waals surface area contributed by atoms with Crippen LogP contribution in [0.25, 0.3) is 0 Å². The number of hydrogen-bond acceptors (Lipinski definition) is 4. The Hall–Kier alpha value is -2.12. The van der Waals surface area contributed by atoms with Gasteiger partial charge in [0.2, 0.25) is 5.91 Å². The summed E-state index contributed by atoms with van der Waals surface area (Å²) in [7, 11) is 0. The van der Waals surface area contributed by atoms with Crippen LogP contribution in [0.1, 0.15) is 45.6 Å². The summed E-state index contributed by atoms with van der Waals surface area (Å²) in [6.07, 6.45) is 3.16. The van der Waals surface area contributed by atoms with E-state index in [0.29, 0.717) is 26.1 Å². The molecule has 2 fully saturated rings. The molecular formula is C24H39N5O2. The molecule has 1 spiro atoms. The lowest BCUT2D eigenvalue weighted by Crippen LogP contribution is -2.61. The van der Waals surface area contributed by atoms with E-state index in [4.69, 9.17) is 0 Å². The molecule has 172 valence electrons. The van der Waals surface area contributed by atoms with Gasteiger partial charge < -0.3 is 20.0 Å². The highest BCUT2D eigenvalue weighted by molar-refractivity contribution is 5.85. The predicted molar refractivity (Wildman–Crippen MR) is 124 cm³/mol. The molecule has 7 nitrogen and oxygen atoms in total. The van der Waals surface area contributed by atoms with Gasteiger partial charge in [-0.15, -0.1) is 0 Å². The largest absolute Gasteiger partial charge is 0.338 e. The minimum atomic E-state index is -0.356. The summed E-state index contributed by atoms with van der Waals surface area (Å²) in [5, 5.41) is 6.69. The first-order valence-electron chi connectivity index (χ1n) is 11.9. The number of likely N-dealkylation sites (N-methyl/N-ethyl adjacent to an activating group) is 1. The maximum Gasteiger partial charge on any atom is 0.317 e. The highest BCUT2D eigenvalue weighted by Crippen LogP contribution is 2.33. The van der Waals surface area contributed by atoms with Crippen LogP contribution in [0.15, 0.2) is 30.3 Å². The summed E-state index contributed by atoms with van der Waals surface area (Å²) >= 11 is 0. The lowest BCUT2D eigenvalue weighted by molar-refractivity contribution is -0.133. The molecular weight excluding hydrogens is 390 g/mol. The normalized spacial score (nSPS) is 20.6. The maximum atomic E-state index is 13.5. The number of carbonyl (C=O) groups excluding carboxylic acids is 2. The van der Waals surface area contributed by atoms with Gasteiger partial charge in [-0.3, -0.25) is 10.1 Å². The van der Waals surface area contributed by atoms with E-state index in [1.54, 1.807) is 0 Å². The highest BCUT2D eigenvalue weighted by Gasteiger charge is 2.51. The van der Waals surface area contributed by atoms with E-state index in [-0.39, 0.29) is 23.6 Å². The Labute approximate surface area is 187 Å². The van der Waals surface area contributed by atoms with E-state index in [9.17, 15) is 9.59 Å². The maximum absolute atomic E-state index is 13.5. The van der Waals surface area contributed by atoms with Gasteiger partial charge in [0.1, 0.15) is 0 Å². The number of rotatable bonds is 9. The standard InChI is InChI=1S/C24H39N5O2/c1-4-14-25-23(31)28-15-12-24(13-16-28)26-21(19-20-10-8-7-9-11-20)22(30)29(24)18-17-27(5-2)6-3/h7-11,21,26H,4-6,12-19H2,1-3H3,(H,25,31). The number of benzene rings is 1. The van der Waals surface area contributed by atoms with Crippen molar-refractivity contribution in [2.24, 2.45) is 0 Å².